The smallest absolute Gasteiger partial charge is 0.119 e. The first-order chi connectivity index (χ1) is 17.1. The first-order valence-electron chi connectivity index (χ1n) is 12.3. The van der Waals surface area contributed by atoms with Crippen molar-refractivity contribution >= 4 is 51.5 Å². The number of pyridine rings is 1. The Hall–Kier alpha value is -2.73. The van der Waals surface area contributed by atoms with Gasteiger partial charge in [0, 0.05) is 15.8 Å². The van der Waals surface area contributed by atoms with Gasteiger partial charge in [-0.25, -0.2) is 4.98 Å². The van der Waals surface area contributed by atoms with Gasteiger partial charge in [0.25, 0.3) is 0 Å². The van der Waals surface area contributed by atoms with Crippen molar-refractivity contribution in [2.75, 3.05) is 39.2 Å². The third-order valence-corrected chi connectivity index (χ3v) is 6.88. The highest BCUT2D eigenvalue weighted by Crippen LogP contribution is 2.37. The minimum Gasteiger partial charge on any atom is -0.497 e. The monoisotopic (exact) mass is 527 g/mol. The highest BCUT2D eigenvalue weighted by molar-refractivity contribution is 6.31. The second kappa shape index (κ2) is 13.0. The Morgan fingerprint density at radius 2 is 1.56 bits per heavy atom. The van der Waals surface area contributed by atoms with Crippen LogP contribution in [0.4, 0.5) is 5.69 Å². The Labute approximate surface area is 225 Å². The van der Waals surface area contributed by atoms with E-state index in [-0.39, 0.29) is 18.4 Å². The summed E-state index contributed by atoms with van der Waals surface area (Å²) in [4.78, 5) is 7.35. The number of nitrogens with one attached hydrogen (secondary N) is 1. The van der Waals surface area contributed by atoms with Crippen molar-refractivity contribution in [2.45, 2.75) is 32.7 Å². The molecule has 0 aliphatic heterocycles. The third-order valence-electron chi connectivity index (χ3n) is 6.64. The fourth-order valence-corrected chi connectivity index (χ4v) is 4.74. The zero-order valence-corrected chi connectivity index (χ0v) is 23.0. The molecule has 36 heavy (non-hydrogen) atoms. The number of rotatable bonds is 11. The molecule has 0 amide bonds. The number of aromatic nitrogens is 1. The van der Waals surface area contributed by atoms with Crippen LogP contribution in [0.3, 0.4) is 0 Å². The van der Waals surface area contributed by atoms with E-state index in [0.717, 1.165) is 71.5 Å². The Morgan fingerprint density at radius 1 is 0.861 bits per heavy atom. The normalized spacial score (nSPS) is 11.9. The molecule has 3 aromatic carbocycles. The topological polar surface area (TPSA) is 46.6 Å². The molecule has 5 nitrogen and oxygen atoms in total. The molecule has 1 aromatic heterocycles. The Bertz CT molecular complexity index is 1280. The second-order valence-corrected chi connectivity index (χ2v) is 9.11. The molecule has 1 atom stereocenters. The molecular formula is C29H35Cl2N3O2. The molecule has 7 heteroatoms. The molecule has 4 rings (SSSR count). The van der Waals surface area contributed by atoms with Gasteiger partial charge in [0.1, 0.15) is 11.5 Å². The van der Waals surface area contributed by atoms with Gasteiger partial charge in [0.15, 0.2) is 0 Å². The lowest BCUT2D eigenvalue weighted by molar-refractivity contribution is 0.294. The molecule has 0 aliphatic carbocycles. The summed E-state index contributed by atoms with van der Waals surface area (Å²) in [5.74, 6) is 1.66. The van der Waals surface area contributed by atoms with Crippen LogP contribution in [-0.2, 0) is 0 Å². The Kier molecular flexibility index (Phi) is 10.1. The molecule has 1 heterocycles. The minimum atomic E-state index is 0. The predicted octanol–water partition coefficient (Wildman–Crippen LogP) is 7.76. The van der Waals surface area contributed by atoms with Crippen molar-refractivity contribution in [1.29, 1.82) is 0 Å². The average Bonchev–Trinajstić information content (AvgIpc) is 2.89. The first kappa shape index (κ1) is 27.9. The SMILES string of the molecule is CCN(CC)CCCC(Nc1c2ccc(Cl)cc2nc2ccc(OC)cc12)c1ccc(OC)cc1.Cl. The Balaban J connectivity index is 0.00000361. The van der Waals surface area contributed by atoms with Crippen LogP contribution >= 0.6 is 24.0 Å². The summed E-state index contributed by atoms with van der Waals surface area (Å²) < 4.78 is 10.9. The summed E-state index contributed by atoms with van der Waals surface area (Å²) in [6.07, 6.45) is 2.08. The second-order valence-electron chi connectivity index (χ2n) is 8.67. The average molecular weight is 529 g/mol. The standard InChI is InChI=1S/C29H34ClN3O2.ClH/c1-5-33(6-2)17-7-8-26(20-9-12-22(34-3)13-10-20)32-29-24-15-11-21(30)18-28(24)31-27-16-14-23(35-4)19-25(27)29;/h9-16,18-19,26H,5-8,17H2,1-4H3,(H,31,32);1H. The summed E-state index contributed by atoms with van der Waals surface area (Å²) in [6.45, 7) is 7.64. The molecule has 1 N–H and O–H groups in total. The number of methoxy groups -OCH3 is 2. The van der Waals surface area contributed by atoms with Gasteiger partial charge >= 0.3 is 0 Å². The van der Waals surface area contributed by atoms with E-state index >= 15 is 0 Å². The predicted molar refractivity (Wildman–Crippen MR) is 154 cm³/mol. The maximum atomic E-state index is 6.33. The number of nitrogens with zero attached hydrogens (tertiary/aromatic N) is 2. The first-order valence-corrected chi connectivity index (χ1v) is 12.6. The maximum Gasteiger partial charge on any atom is 0.119 e. The molecule has 0 saturated heterocycles. The highest BCUT2D eigenvalue weighted by Gasteiger charge is 2.17. The molecule has 0 spiro atoms. The molecule has 192 valence electrons. The van der Waals surface area contributed by atoms with Gasteiger partial charge in [-0.15, -0.1) is 12.4 Å². The number of fused-ring (bicyclic) bond motifs is 2. The van der Waals surface area contributed by atoms with Gasteiger partial charge in [0.2, 0.25) is 0 Å². The molecular weight excluding hydrogens is 493 g/mol. The van der Waals surface area contributed by atoms with Gasteiger partial charge in [-0.05, 0) is 86.6 Å². The van der Waals surface area contributed by atoms with E-state index in [0.29, 0.717) is 5.02 Å². The molecule has 0 bridgehead atoms. The minimum absolute atomic E-state index is 0. The van der Waals surface area contributed by atoms with E-state index in [9.17, 15) is 0 Å². The summed E-state index contributed by atoms with van der Waals surface area (Å²) in [6, 6.07) is 20.4. The van der Waals surface area contributed by atoms with E-state index in [1.54, 1.807) is 14.2 Å². The number of hydrogen-bond donors (Lipinski definition) is 1. The van der Waals surface area contributed by atoms with Crippen LogP contribution in [0.1, 0.15) is 38.3 Å². The zero-order valence-electron chi connectivity index (χ0n) is 21.4. The fourth-order valence-electron chi connectivity index (χ4n) is 4.57. The fraction of sp³-hybridized carbons (Fsp3) is 0.345. The van der Waals surface area contributed by atoms with Gasteiger partial charge in [-0.1, -0.05) is 37.6 Å². The number of anilines is 1. The van der Waals surface area contributed by atoms with Crippen LogP contribution < -0.4 is 14.8 Å². The van der Waals surface area contributed by atoms with E-state index in [2.05, 4.69) is 42.3 Å². The lowest BCUT2D eigenvalue weighted by Gasteiger charge is -2.25. The highest BCUT2D eigenvalue weighted by atomic mass is 35.5. The molecule has 1 unspecified atom stereocenters. The zero-order chi connectivity index (χ0) is 24.8. The van der Waals surface area contributed by atoms with Gasteiger partial charge in [-0.2, -0.15) is 0 Å². The Morgan fingerprint density at radius 3 is 2.22 bits per heavy atom. The number of benzene rings is 3. The number of hydrogen-bond acceptors (Lipinski definition) is 5. The molecule has 4 aromatic rings. The van der Waals surface area contributed by atoms with E-state index in [1.807, 2.05) is 42.5 Å². The van der Waals surface area contributed by atoms with Gasteiger partial charge in [-0.3, -0.25) is 0 Å². The third kappa shape index (κ3) is 6.33. The van der Waals surface area contributed by atoms with Crippen LogP contribution in [0, 0.1) is 0 Å². The van der Waals surface area contributed by atoms with E-state index < -0.39 is 0 Å². The van der Waals surface area contributed by atoms with Crippen molar-refractivity contribution in [3.05, 3.63) is 71.2 Å². The van der Waals surface area contributed by atoms with Crippen molar-refractivity contribution in [2.24, 2.45) is 0 Å². The molecule has 0 saturated carbocycles. The van der Waals surface area contributed by atoms with Crippen LogP contribution in [0.15, 0.2) is 60.7 Å². The van der Waals surface area contributed by atoms with Crippen molar-refractivity contribution in [3.8, 4) is 11.5 Å². The largest absolute Gasteiger partial charge is 0.497 e. The lowest BCUT2D eigenvalue weighted by atomic mass is 9.99. The summed E-state index contributed by atoms with van der Waals surface area (Å²) in [5.41, 5.74) is 4.04. The quantitative estimate of drug-likeness (QED) is 0.202. The number of halogens is 2. The van der Waals surface area contributed by atoms with Crippen LogP contribution in [0.25, 0.3) is 21.8 Å². The summed E-state index contributed by atoms with van der Waals surface area (Å²) >= 11 is 6.33. The van der Waals surface area contributed by atoms with E-state index in [1.165, 1.54) is 5.56 Å². The van der Waals surface area contributed by atoms with Crippen LogP contribution in [-0.4, -0.2) is 43.7 Å². The van der Waals surface area contributed by atoms with Crippen LogP contribution in [0.5, 0.6) is 11.5 Å². The van der Waals surface area contributed by atoms with Crippen LogP contribution in [0.2, 0.25) is 5.02 Å². The molecule has 0 aliphatic rings. The van der Waals surface area contributed by atoms with Crippen molar-refractivity contribution in [1.82, 2.24) is 9.88 Å². The molecule has 0 radical (unpaired) electrons. The maximum absolute atomic E-state index is 6.33. The molecule has 0 fully saturated rings. The van der Waals surface area contributed by atoms with Crippen molar-refractivity contribution < 1.29 is 9.47 Å². The number of ether oxygens (including phenoxy) is 2. The summed E-state index contributed by atoms with van der Waals surface area (Å²) in [7, 11) is 3.39. The van der Waals surface area contributed by atoms with Gasteiger partial charge in [0.05, 0.1) is 37.0 Å². The van der Waals surface area contributed by atoms with E-state index in [4.69, 9.17) is 26.1 Å². The van der Waals surface area contributed by atoms with Crippen molar-refractivity contribution in [3.63, 3.8) is 0 Å². The lowest BCUT2D eigenvalue weighted by Crippen LogP contribution is -2.25. The van der Waals surface area contributed by atoms with Gasteiger partial charge < -0.3 is 19.7 Å². The summed E-state index contributed by atoms with van der Waals surface area (Å²) in [5, 5.41) is 6.65.